The maximum atomic E-state index is 12.9. The van der Waals surface area contributed by atoms with E-state index in [4.69, 9.17) is 10.5 Å². The number of hydrogen-bond acceptors (Lipinski definition) is 5. The van der Waals surface area contributed by atoms with Gasteiger partial charge >= 0.3 is 0 Å². The lowest BCUT2D eigenvalue weighted by atomic mass is 9.73. The van der Waals surface area contributed by atoms with Crippen LogP contribution in [-0.4, -0.2) is 55.6 Å². The SMILES string of the molecule is COc1ccccc1N1CCN(CCC(C(N)=O)(c2ccccc2)c2ccccn2)CC1. The van der Waals surface area contributed by atoms with Crippen molar-refractivity contribution < 1.29 is 9.53 Å². The number of aromatic nitrogens is 1. The summed E-state index contributed by atoms with van der Waals surface area (Å²) in [4.78, 5) is 22.2. The second kappa shape index (κ2) is 9.83. The van der Waals surface area contributed by atoms with Crippen LogP contribution < -0.4 is 15.4 Å². The molecule has 1 amide bonds. The number of piperazine rings is 1. The molecule has 1 aliphatic heterocycles. The van der Waals surface area contributed by atoms with Gasteiger partial charge in [-0.2, -0.15) is 0 Å². The van der Waals surface area contributed by atoms with E-state index in [0.29, 0.717) is 12.1 Å². The van der Waals surface area contributed by atoms with Crippen LogP contribution in [0.3, 0.4) is 0 Å². The number of carbonyl (C=O) groups is 1. The molecule has 6 heteroatoms. The summed E-state index contributed by atoms with van der Waals surface area (Å²) in [5.74, 6) is 0.531. The number of amides is 1. The third-order valence-electron chi connectivity index (χ3n) is 6.39. The van der Waals surface area contributed by atoms with Crippen molar-refractivity contribution in [3.63, 3.8) is 0 Å². The fourth-order valence-electron chi connectivity index (χ4n) is 4.58. The van der Waals surface area contributed by atoms with Gasteiger partial charge in [0, 0.05) is 38.9 Å². The first kappa shape index (κ1) is 21.8. The van der Waals surface area contributed by atoms with Gasteiger partial charge in [0.05, 0.1) is 18.5 Å². The third kappa shape index (κ3) is 4.32. The number of hydrogen-bond donors (Lipinski definition) is 1. The predicted molar refractivity (Wildman–Crippen MR) is 127 cm³/mol. The van der Waals surface area contributed by atoms with Crippen molar-refractivity contribution in [3.8, 4) is 5.75 Å². The first-order valence-electron chi connectivity index (χ1n) is 11.0. The minimum absolute atomic E-state index is 0.366. The van der Waals surface area contributed by atoms with E-state index in [1.54, 1.807) is 13.3 Å². The Morgan fingerprint density at radius 3 is 2.31 bits per heavy atom. The second-order valence-electron chi connectivity index (χ2n) is 8.10. The number of anilines is 1. The lowest BCUT2D eigenvalue weighted by molar-refractivity contribution is -0.122. The molecule has 4 rings (SSSR count). The molecule has 2 heterocycles. The molecule has 1 aromatic heterocycles. The van der Waals surface area contributed by atoms with Crippen LogP contribution in [0.4, 0.5) is 5.69 Å². The highest BCUT2D eigenvalue weighted by Crippen LogP contribution is 2.35. The van der Waals surface area contributed by atoms with Crippen molar-refractivity contribution in [2.24, 2.45) is 5.73 Å². The summed E-state index contributed by atoms with van der Waals surface area (Å²) < 4.78 is 5.53. The van der Waals surface area contributed by atoms with Gasteiger partial charge in [-0.05, 0) is 36.2 Å². The summed E-state index contributed by atoms with van der Waals surface area (Å²) in [5.41, 5.74) is 7.82. The van der Waals surface area contributed by atoms with Gasteiger partial charge in [0.1, 0.15) is 11.2 Å². The van der Waals surface area contributed by atoms with Crippen LogP contribution in [0.15, 0.2) is 79.0 Å². The molecule has 1 atom stereocenters. The van der Waals surface area contributed by atoms with E-state index in [1.165, 1.54) is 0 Å². The van der Waals surface area contributed by atoms with Crippen LogP contribution in [0.25, 0.3) is 0 Å². The fourth-order valence-corrected chi connectivity index (χ4v) is 4.58. The molecule has 1 saturated heterocycles. The molecule has 0 saturated carbocycles. The Morgan fingerprint density at radius 1 is 0.969 bits per heavy atom. The molecule has 2 aromatic carbocycles. The van der Waals surface area contributed by atoms with E-state index >= 15 is 0 Å². The number of benzene rings is 2. The van der Waals surface area contributed by atoms with Crippen LogP contribution in [0.1, 0.15) is 17.7 Å². The molecular weight excluding hydrogens is 400 g/mol. The number of rotatable bonds is 8. The third-order valence-corrected chi connectivity index (χ3v) is 6.39. The van der Waals surface area contributed by atoms with Crippen molar-refractivity contribution in [1.82, 2.24) is 9.88 Å². The monoisotopic (exact) mass is 430 g/mol. The van der Waals surface area contributed by atoms with Crippen LogP contribution in [0, 0.1) is 0 Å². The standard InChI is InChI=1S/C26H30N4O2/c1-32-23-12-6-5-11-22(23)30-19-17-29(18-20-30)16-14-26(25(27)31,21-9-3-2-4-10-21)24-13-7-8-15-28-24/h2-13,15H,14,16-20H2,1H3,(H2,27,31). The molecule has 32 heavy (non-hydrogen) atoms. The first-order chi connectivity index (χ1) is 15.6. The summed E-state index contributed by atoms with van der Waals surface area (Å²) >= 11 is 0. The highest BCUT2D eigenvalue weighted by atomic mass is 16.5. The van der Waals surface area contributed by atoms with Gasteiger partial charge in [-0.3, -0.25) is 14.7 Å². The molecule has 6 nitrogen and oxygen atoms in total. The Labute approximate surface area is 189 Å². The van der Waals surface area contributed by atoms with E-state index < -0.39 is 5.41 Å². The van der Waals surface area contributed by atoms with Crippen molar-refractivity contribution in [3.05, 3.63) is 90.3 Å². The van der Waals surface area contributed by atoms with Gasteiger partial charge in [0.15, 0.2) is 0 Å². The largest absolute Gasteiger partial charge is 0.495 e. The number of pyridine rings is 1. The lowest BCUT2D eigenvalue weighted by Gasteiger charge is -2.38. The number of nitrogens with zero attached hydrogens (tertiary/aromatic N) is 3. The predicted octanol–water partition coefficient (Wildman–Crippen LogP) is 3.07. The van der Waals surface area contributed by atoms with Crippen LogP contribution in [0.2, 0.25) is 0 Å². The Balaban J connectivity index is 1.51. The van der Waals surface area contributed by atoms with Crippen molar-refractivity contribution in [2.45, 2.75) is 11.8 Å². The lowest BCUT2D eigenvalue weighted by Crippen LogP contribution is -2.50. The Hall–Kier alpha value is -3.38. The Morgan fingerprint density at radius 2 is 1.66 bits per heavy atom. The zero-order valence-corrected chi connectivity index (χ0v) is 18.5. The van der Waals surface area contributed by atoms with E-state index in [1.807, 2.05) is 66.7 Å². The second-order valence-corrected chi connectivity index (χ2v) is 8.10. The summed E-state index contributed by atoms with van der Waals surface area (Å²) in [6.07, 6.45) is 2.31. The van der Waals surface area contributed by atoms with E-state index in [-0.39, 0.29) is 5.91 Å². The number of para-hydroxylation sites is 2. The maximum Gasteiger partial charge on any atom is 0.234 e. The van der Waals surface area contributed by atoms with Gasteiger partial charge in [-0.15, -0.1) is 0 Å². The van der Waals surface area contributed by atoms with Crippen LogP contribution >= 0.6 is 0 Å². The van der Waals surface area contributed by atoms with Crippen LogP contribution in [-0.2, 0) is 10.2 Å². The molecule has 1 aliphatic rings. The van der Waals surface area contributed by atoms with E-state index in [9.17, 15) is 4.79 Å². The van der Waals surface area contributed by atoms with Gasteiger partial charge in [-0.25, -0.2) is 0 Å². The number of ether oxygens (including phenoxy) is 1. The van der Waals surface area contributed by atoms with E-state index in [0.717, 1.165) is 49.7 Å². The zero-order chi connectivity index (χ0) is 22.4. The quantitative estimate of drug-likeness (QED) is 0.595. The van der Waals surface area contributed by atoms with Crippen LogP contribution in [0.5, 0.6) is 5.75 Å². The zero-order valence-electron chi connectivity index (χ0n) is 18.5. The summed E-state index contributed by atoms with van der Waals surface area (Å²) in [6, 6.07) is 23.6. The number of primary amides is 1. The normalized spacial score (nSPS) is 16.3. The van der Waals surface area contributed by atoms with Crippen molar-refractivity contribution in [1.29, 1.82) is 0 Å². The Bertz CT molecular complexity index is 979. The number of carbonyl (C=O) groups excluding carboxylic acids is 1. The first-order valence-corrected chi connectivity index (χ1v) is 11.0. The molecule has 0 spiro atoms. The summed E-state index contributed by atoms with van der Waals surface area (Å²) in [5, 5.41) is 0. The van der Waals surface area contributed by atoms with Crippen molar-refractivity contribution >= 4 is 11.6 Å². The van der Waals surface area contributed by atoms with Gasteiger partial charge in [0.2, 0.25) is 5.91 Å². The molecule has 0 bridgehead atoms. The summed E-state index contributed by atoms with van der Waals surface area (Å²) in [6.45, 7) is 4.37. The molecule has 0 radical (unpaired) electrons. The molecule has 166 valence electrons. The molecule has 0 aliphatic carbocycles. The highest BCUT2D eigenvalue weighted by molar-refractivity contribution is 5.90. The average molecular weight is 431 g/mol. The molecule has 1 unspecified atom stereocenters. The molecule has 2 N–H and O–H groups in total. The van der Waals surface area contributed by atoms with Gasteiger partial charge < -0.3 is 15.4 Å². The molecule has 1 fully saturated rings. The number of nitrogens with two attached hydrogens (primary N) is 1. The minimum Gasteiger partial charge on any atom is -0.495 e. The average Bonchev–Trinajstić information content (AvgIpc) is 2.86. The highest BCUT2D eigenvalue weighted by Gasteiger charge is 2.42. The van der Waals surface area contributed by atoms with E-state index in [2.05, 4.69) is 20.9 Å². The van der Waals surface area contributed by atoms with Crippen molar-refractivity contribution in [2.75, 3.05) is 44.7 Å². The maximum absolute atomic E-state index is 12.9. The number of methoxy groups -OCH3 is 1. The van der Waals surface area contributed by atoms with Gasteiger partial charge in [-0.1, -0.05) is 48.5 Å². The Kier molecular flexibility index (Phi) is 6.71. The smallest absolute Gasteiger partial charge is 0.234 e. The topological polar surface area (TPSA) is 71.7 Å². The molecular formula is C26H30N4O2. The summed E-state index contributed by atoms with van der Waals surface area (Å²) in [7, 11) is 1.71. The minimum atomic E-state index is -0.956. The molecule has 3 aromatic rings. The fraction of sp³-hybridized carbons (Fsp3) is 0.308. The van der Waals surface area contributed by atoms with Gasteiger partial charge in [0.25, 0.3) is 0 Å².